The van der Waals surface area contributed by atoms with Crippen molar-refractivity contribution in [3.05, 3.63) is 78.1 Å². The first-order valence-electron chi connectivity index (χ1n) is 11.5. The minimum absolute atomic E-state index is 0.188. The molecule has 1 unspecified atom stereocenters. The molecule has 0 heterocycles. The number of nitrogens with one attached hydrogen (secondary N) is 1. The average molecular weight is 451 g/mol. The van der Waals surface area contributed by atoms with Gasteiger partial charge in [-0.25, -0.2) is 4.39 Å². The summed E-state index contributed by atoms with van der Waals surface area (Å²) >= 11 is 0. The number of fused-ring (bicyclic) bond motifs is 1. The molecule has 6 heteroatoms. The summed E-state index contributed by atoms with van der Waals surface area (Å²) in [6.07, 6.45) is 2.30. The molecule has 1 N–H and O–H groups in total. The number of carbonyl (C=O) groups is 2. The molecule has 33 heavy (non-hydrogen) atoms. The van der Waals surface area contributed by atoms with Crippen molar-refractivity contribution in [2.24, 2.45) is 0 Å². The summed E-state index contributed by atoms with van der Waals surface area (Å²) < 4.78 is 19.3. The van der Waals surface area contributed by atoms with Crippen molar-refractivity contribution in [2.75, 3.05) is 13.2 Å². The maximum atomic E-state index is 13.4. The molecule has 0 spiro atoms. The third-order valence-corrected chi connectivity index (χ3v) is 5.58. The van der Waals surface area contributed by atoms with Crippen LogP contribution in [0.5, 0.6) is 5.75 Å². The number of unbranched alkanes of at least 4 members (excludes halogenated alkanes) is 1. The van der Waals surface area contributed by atoms with Crippen LogP contribution in [0, 0.1) is 5.82 Å². The highest BCUT2D eigenvalue weighted by atomic mass is 19.1. The summed E-state index contributed by atoms with van der Waals surface area (Å²) in [5.74, 6) is -0.222. The third-order valence-electron chi connectivity index (χ3n) is 5.58. The molecule has 0 aliphatic rings. The molecule has 0 aliphatic heterocycles. The number of amides is 2. The third kappa shape index (κ3) is 6.54. The van der Waals surface area contributed by atoms with Gasteiger partial charge in [-0.05, 0) is 42.0 Å². The van der Waals surface area contributed by atoms with Crippen LogP contribution < -0.4 is 10.1 Å². The lowest BCUT2D eigenvalue weighted by Gasteiger charge is -2.30. The smallest absolute Gasteiger partial charge is 0.261 e. The van der Waals surface area contributed by atoms with Crippen LogP contribution in [0.1, 0.15) is 38.7 Å². The Hall–Kier alpha value is -3.41. The number of carbonyl (C=O) groups excluding carboxylic acids is 2. The summed E-state index contributed by atoms with van der Waals surface area (Å²) in [6, 6.07) is 18.8. The van der Waals surface area contributed by atoms with Gasteiger partial charge in [-0.1, -0.05) is 68.8 Å². The van der Waals surface area contributed by atoms with Crippen molar-refractivity contribution < 1.29 is 18.7 Å². The SMILES string of the molecule is CCCCNC(=O)C(CC)N(Cc1ccc(F)cc1)C(=O)COc1cccc2ccccc12. The number of nitrogens with zero attached hydrogens (tertiary/aromatic N) is 1. The van der Waals surface area contributed by atoms with E-state index in [-0.39, 0.29) is 30.8 Å². The Morgan fingerprint density at radius 1 is 1.00 bits per heavy atom. The average Bonchev–Trinajstić information content (AvgIpc) is 2.83. The molecule has 0 saturated carbocycles. The van der Waals surface area contributed by atoms with Crippen LogP contribution in [0.4, 0.5) is 4.39 Å². The second kappa shape index (κ2) is 12.0. The molecule has 0 fully saturated rings. The topological polar surface area (TPSA) is 58.6 Å². The van der Waals surface area contributed by atoms with E-state index in [0.29, 0.717) is 18.7 Å². The van der Waals surface area contributed by atoms with Crippen LogP contribution in [-0.2, 0) is 16.1 Å². The molecule has 0 saturated heterocycles. The van der Waals surface area contributed by atoms with Gasteiger partial charge in [0.1, 0.15) is 17.6 Å². The highest BCUT2D eigenvalue weighted by Crippen LogP contribution is 2.25. The van der Waals surface area contributed by atoms with Crippen molar-refractivity contribution in [1.82, 2.24) is 10.2 Å². The number of benzene rings is 3. The lowest BCUT2D eigenvalue weighted by Crippen LogP contribution is -2.50. The fraction of sp³-hybridized carbons (Fsp3) is 0.333. The minimum Gasteiger partial charge on any atom is -0.483 e. The molecule has 0 aromatic heterocycles. The van der Waals surface area contributed by atoms with E-state index in [2.05, 4.69) is 12.2 Å². The Labute approximate surface area is 194 Å². The van der Waals surface area contributed by atoms with E-state index in [9.17, 15) is 14.0 Å². The largest absolute Gasteiger partial charge is 0.483 e. The molecule has 174 valence electrons. The van der Waals surface area contributed by atoms with Crippen molar-refractivity contribution in [3.63, 3.8) is 0 Å². The molecule has 0 bridgehead atoms. The molecular formula is C27H31FN2O3. The van der Waals surface area contributed by atoms with Crippen LogP contribution in [-0.4, -0.2) is 35.9 Å². The van der Waals surface area contributed by atoms with Gasteiger partial charge in [-0.15, -0.1) is 0 Å². The number of rotatable bonds is 11. The quantitative estimate of drug-likeness (QED) is 0.415. The predicted octanol–water partition coefficient (Wildman–Crippen LogP) is 5.08. The second-order valence-corrected chi connectivity index (χ2v) is 7.98. The molecule has 1 atom stereocenters. The van der Waals surface area contributed by atoms with E-state index in [1.54, 1.807) is 12.1 Å². The Balaban J connectivity index is 1.79. The zero-order valence-corrected chi connectivity index (χ0v) is 19.2. The highest BCUT2D eigenvalue weighted by molar-refractivity contribution is 5.90. The lowest BCUT2D eigenvalue weighted by molar-refractivity contribution is -0.142. The van der Waals surface area contributed by atoms with E-state index < -0.39 is 6.04 Å². The van der Waals surface area contributed by atoms with E-state index in [1.165, 1.54) is 17.0 Å². The molecule has 0 radical (unpaired) electrons. The fourth-order valence-electron chi connectivity index (χ4n) is 3.76. The first-order chi connectivity index (χ1) is 16.0. The fourth-order valence-corrected chi connectivity index (χ4v) is 3.76. The number of hydrogen-bond donors (Lipinski definition) is 1. The van der Waals surface area contributed by atoms with Crippen molar-refractivity contribution >= 4 is 22.6 Å². The van der Waals surface area contributed by atoms with Gasteiger partial charge in [0.05, 0.1) is 0 Å². The van der Waals surface area contributed by atoms with Gasteiger partial charge >= 0.3 is 0 Å². The Morgan fingerprint density at radius 3 is 2.45 bits per heavy atom. The van der Waals surface area contributed by atoms with Crippen LogP contribution in [0.3, 0.4) is 0 Å². The number of halogens is 1. The highest BCUT2D eigenvalue weighted by Gasteiger charge is 2.29. The van der Waals surface area contributed by atoms with Gasteiger partial charge in [0.2, 0.25) is 5.91 Å². The van der Waals surface area contributed by atoms with E-state index in [4.69, 9.17) is 4.74 Å². The molecular weight excluding hydrogens is 419 g/mol. The molecule has 0 aliphatic carbocycles. The summed E-state index contributed by atoms with van der Waals surface area (Å²) in [5, 5.41) is 4.87. The Morgan fingerprint density at radius 2 is 1.73 bits per heavy atom. The predicted molar refractivity (Wildman–Crippen MR) is 128 cm³/mol. The van der Waals surface area contributed by atoms with Crippen molar-refractivity contribution in [3.8, 4) is 5.75 Å². The Bertz CT molecular complexity index is 1060. The van der Waals surface area contributed by atoms with E-state index in [0.717, 1.165) is 29.2 Å². The number of hydrogen-bond acceptors (Lipinski definition) is 3. The number of ether oxygens (including phenoxy) is 1. The van der Waals surface area contributed by atoms with Crippen LogP contribution >= 0.6 is 0 Å². The summed E-state index contributed by atoms with van der Waals surface area (Å²) in [5.41, 5.74) is 0.745. The second-order valence-electron chi connectivity index (χ2n) is 7.98. The van der Waals surface area contributed by atoms with Gasteiger partial charge in [-0.3, -0.25) is 9.59 Å². The van der Waals surface area contributed by atoms with Gasteiger partial charge in [0, 0.05) is 18.5 Å². The molecule has 5 nitrogen and oxygen atoms in total. The van der Waals surface area contributed by atoms with Gasteiger partial charge in [0.15, 0.2) is 6.61 Å². The first kappa shape index (κ1) is 24.2. The lowest BCUT2D eigenvalue weighted by atomic mass is 10.1. The standard InChI is InChI=1S/C27H31FN2O3/c1-3-5-17-29-27(32)24(4-2)30(18-20-13-15-22(28)16-14-20)26(31)19-33-25-12-8-10-21-9-6-7-11-23(21)25/h6-16,24H,3-5,17-19H2,1-2H3,(H,29,32). The Kier molecular flexibility index (Phi) is 8.81. The monoisotopic (exact) mass is 450 g/mol. The van der Waals surface area contributed by atoms with Gasteiger partial charge in [-0.2, -0.15) is 0 Å². The van der Waals surface area contributed by atoms with Gasteiger partial charge in [0.25, 0.3) is 5.91 Å². The van der Waals surface area contributed by atoms with Gasteiger partial charge < -0.3 is 15.0 Å². The minimum atomic E-state index is -0.643. The molecule has 3 rings (SSSR count). The maximum Gasteiger partial charge on any atom is 0.261 e. The van der Waals surface area contributed by atoms with E-state index >= 15 is 0 Å². The summed E-state index contributed by atoms with van der Waals surface area (Å²) in [7, 11) is 0. The summed E-state index contributed by atoms with van der Waals surface area (Å²) in [4.78, 5) is 27.7. The van der Waals surface area contributed by atoms with E-state index in [1.807, 2.05) is 49.4 Å². The summed E-state index contributed by atoms with van der Waals surface area (Å²) in [6.45, 7) is 4.49. The zero-order chi connectivity index (χ0) is 23.6. The van der Waals surface area contributed by atoms with Crippen LogP contribution in [0.15, 0.2) is 66.7 Å². The first-order valence-corrected chi connectivity index (χ1v) is 11.5. The van der Waals surface area contributed by atoms with Crippen molar-refractivity contribution in [1.29, 1.82) is 0 Å². The van der Waals surface area contributed by atoms with Crippen LogP contribution in [0.25, 0.3) is 10.8 Å². The molecule has 3 aromatic carbocycles. The normalized spacial score (nSPS) is 11.7. The molecule has 3 aromatic rings. The molecule has 2 amide bonds. The maximum absolute atomic E-state index is 13.4. The van der Waals surface area contributed by atoms with Crippen molar-refractivity contribution in [2.45, 2.75) is 45.7 Å². The zero-order valence-electron chi connectivity index (χ0n) is 19.2. The van der Waals surface area contributed by atoms with Crippen LogP contribution in [0.2, 0.25) is 0 Å².